The Morgan fingerprint density at radius 3 is 2.69 bits per heavy atom. The number of H-pyrrole nitrogens is 1. The van der Waals surface area contributed by atoms with Gasteiger partial charge >= 0.3 is 0 Å². The minimum Gasteiger partial charge on any atom is -0.497 e. The minimum absolute atomic E-state index is 0.165. The molecular weight excluding hydrogens is 524 g/mol. The lowest BCUT2D eigenvalue weighted by Crippen LogP contribution is -2.26. The second-order valence-corrected chi connectivity index (χ2v) is 9.98. The van der Waals surface area contributed by atoms with Crippen molar-refractivity contribution in [3.05, 3.63) is 47.5 Å². The van der Waals surface area contributed by atoms with E-state index in [4.69, 9.17) is 23.1 Å². The molecule has 39 heavy (non-hydrogen) atoms. The summed E-state index contributed by atoms with van der Waals surface area (Å²) in [5.41, 5.74) is 5.06. The average Bonchev–Trinajstić information content (AvgIpc) is 3.58. The molecule has 206 valence electrons. The van der Waals surface area contributed by atoms with Crippen LogP contribution >= 0.6 is 12.0 Å². The Bertz CT molecular complexity index is 1360. The number of imide groups is 1. The molecule has 1 aromatic heterocycles. The van der Waals surface area contributed by atoms with Crippen LogP contribution in [0.5, 0.6) is 17.2 Å². The highest BCUT2D eigenvalue weighted by molar-refractivity contribution is 7.96. The maximum atomic E-state index is 11.9. The maximum Gasteiger partial charge on any atom is 0.244 e. The molecule has 1 fully saturated rings. The molecule has 1 atom stereocenters. The zero-order chi connectivity index (χ0) is 27.4. The van der Waals surface area contributed by atoms with Gasteiger partial charge in [-0.05, 0) is 29.8 Å². The van der Waals surface area contributed by atoms with Crippen molar-refractivity contribution in [2.24, 2.45) is 0 Å². The van der Waals surface area contributed by atoms with Gasteiger partial charge in [0.2, 0.25) is 11.8 Å². The number of hydrogen-bond donors (Lipinski definition) is 2. The Kier molecular flexibility index (Phi) is 8.24. The molecule has 1 aliphatic carbocycles. The van der Waals surface area contributed by atoms with Crippen LogP contribution < -0.4 is 19.5 Å². The molecule has 0 saturated carbocycles. The van der Waals surface area contributed by atoms with Crippen molar-refractivity contribution >= 4 is 35.4 Å². The van der Waals surface area contributed by atoms with Gasteiger partial charge in [-0.1, -0.05) is 6.07 Å². The van der Waals surface area contributed by atoms with E-state index in [1.165, 1.54) is 7.05 Å². The third-order valence-electron chi connectivity index (χ3n) is 6.55. The van der Waals surface area contributed by atoms with Crippen LogP contribution in [0.15, 0.2) is 36.4 Å². The fourth-order valence-electron chi connectivity index (χ4n) is 4.48. The normalized spacial score (nSPS) is 15.9. The lowest BCUT2D eigenvalue weighted by Gasteiger charge is -2.13. The zero-order valence-corrected chi connectivity index (χ0v) is 22.8. The molecule has 12 heteroatoms. The van der Waals surface area contributed by atoms with Crippen LogP contribution in [-0.4, -0.2) is 79.9 Å². The Labute approximate surface area is 230 Å². The van der Waals surface area contributed by atoms with Crippen LogP contribution in [0.4, 0.5) is 11.5 Å². The first-order valence-electron chi connectivity index (χ1n) is 12.5. The van der Waals surface area contributed by atoms with Gasteiger partial charge in [-0.3, -0.25) is 19.6 Å². The van der Waals surface area contributed by atoms with Crippen molar-refractivity contribution in [3.63, 3.8) is 0 Å². The number of aromatic nitrogens is 2. The standard InChI is InChI=1S/C27H30N4O7S/c1-31-24(32)15-23(27(31)33)39-38-10-8-36-7-9-37-22-12-16-11-20-25(19(16)14-21(22)35-3)29-30-26(20)28-17-5-4-6-18(13-17)34-2/h4-6,12-14,23H,7-11,15H2,1-3H3,(H2,28,29,30). The third kappa shape index (κ3) is 5.82. The Hall–Kier alpha value is -3.74. The van der Waals surface area contributed by atoms with Crippen molar-refractivity contribution in [2.75, 3.05) is 53.0 Å². The number of methoxy groups -OCH3 is 2. The van der Waals surface area contributed by atoms with Crippen molar-refractivity contribution < 1.29 is 32.7 Å². The second kappa shape index (κ2) is 12.0. The van der Waals surface area contributed by atoms with E-state index in [1.807, 2.05) is 36.4 Å². The number of rotatable bonds is 13. The predicted molar refractivity (Wildman–Crippen MR) is 146 cm³/mol. The summed E-state index contributed by atoms with van der Waals surface area (Å²) in [5.74, 6) is 2.38. The van der Waals surface area contributed by atoms with Crippen LogP contribution in [-0.2, 0) is 24.9 Å². The summed E-state index contributed by atoms with van der Waals surface area (Å²) in [6, 6.07) is 11.7. The van der Waals surface area contributed by atoms with Crippen LogP contribution in [0, 0.1) is 0 Å². The number of nitrogens with zero attached hydrogens (tertiary/aromatic N) is 2. The summed E-state index contributed by atoms with van der Waals surface area (Å²) >= 11 is 1.02. The number of ether oxygens (including phenoxy) is 4. The highest BCUT2D eigenvalue weighted by Crippen LogP contribution is 2.44. The van der Waals surface area contributed by atoms with Gasteiger partial charge in [0.25, 0.3) is 0 Å². The SMILES string of the molecule is COc1cccc(Nc2n[nH]c3c2Cc2cc(OCCOCCOSC4CC(=O)N(C)C4=O)c(OC)cc2-3)c1. The fraction of sp³-hybridized carbons (Fsp3) is 0.370. The van der Waals surface area contributed by atoms with E-state index in [-0.39, 0.29) is 18.2 Å². The number of aromatic amines is 1. The molecule has 1 aliphatic heterocycles. The summed E-state index contributed by atoms with van der Waals surface area (Å²) in [7, 11) is 4.73. The zero-order valence-electron chi connectivity index (χ0n) is 21.9. The Morgan fingerprint density at radius 1 is 1.08 bits per heavy atom. The maximum absolute atomic E-state index is 11.9. The summed E-state index contributed by atoms with van der Waals surface area (Å²) in [4.78, 5) is 24.6. The highest BCUT2D eigenvalue weighted by Gasteiger charge is 2.37. The van der Waals surface area contributed by atoms with E-state index in [1.54, 1.807) is 14.2 Å². The van der Waals surface area contributed by atoms with Gasteiger partial charge in [-0.15, -0.1) is 0 Å². The molecule has 2 N–H and O–H groups in total. The second-order valence-electron chi connectivity index (χ2n) is 8.98. The number of anilines is 2. The Morgan fingerprint density at radius 2 is 1.92 bits per heavy atom. The van der Waals surface area contributed by atoms with Crippen LogP contribution in [0.3, 0.4) is 0 Å². The van der Waals surface area contributed by atoms with E-state index in [2.05, 4.69) is 15.5 Å². The van der Waals surface area contributed by atoms with Gasteiger partial charge in [-0.2, -0.15) is 5.10 Å². The van der Waals surface area contributed by atoms with Crippen molar-refractivity contribution in [1.29, 1.82) is 0 Å². The molecule has 0 radical (unpaired) electrons. The van der Waals surface area contributed by atoms with Gasteiger partial charge in [0.1, 0.15) is 17.6 Å². The number of hydrogen-bond acceptors (Lipinski definition) is 10. The van der Waals surface area contributed by atoms with Gasteiger partial charge in [0.05, 0.1) is 46.2 Å². The first kappa shape index (κ1) is 26.9. The van der Waals surface area contributed by atoms with Crippen molar-refractivity contribution in [1.82, 2.24) is 15.1 Å². The fourth-order valence-corrected chi connectivity index (χ4v) is 5.26. The molecule has 1 unspecified atom stereocenters. The topological polar surface area (TPSA) is 124 Å². The predicted octanol–water partition coefficient (Wildman–Crippen LogP) is 3.56. The number of nitrogens with one attached hydrogen (secondary N) is 2. The quantitative estimate of drug-likeness (QED) is 0.144. The molecule has 0 bridgehead atoms. The molecule has 2 aromatic carbocycles. The minimum atomic E-state index is -0.482. The van der Waals surface area contributed by atoms with E-state index in [0.717, 1.165) is 56.6 Å². The van der Waals surface area contributed by atoms with E-state index < -0.39 is 5.25 Å². The van der Waals surface area contributed by atoms with Gasteiger partial charge in [0, 0.05) is 48.4 Å². The molecule has 2 heterocycles. The molecule has 5 rings (SSSR count). The molecule has 1 saturated heterocycles. The molecule has 2 amide bonds. The van der Waals surface area contributed by atoms with Crippen LogP contribution in [0.1, 0.15) is 17.5 Å². The highest BCUT2D eigenvalue weighted by atomic mass is 32.2. The first-order chi connectivity index (χ1) is 19.0. The van der Waals surface area contributed by atoms with Crippen LogP contribution in [0.2, 0.25) is 0 Å². The summed E-state index contributed by atoms with van der Waals surface area (Å²) in [5, 5.41) is 10.5. The van der Waals surface area contributed by atoms with Crippen molar-refractivity contribution in [2.45, 2.75) is 18.1 Å². The molecule has 11 nitrogen and oxygen atoms in total. The number of carbonyl (C=O) groups excluding carboxylic acids is 2. The smallest absolute Gasteiger partial charge is 0.244 e. The largest absolute Gasteiger partial charge is 0.497 e. The lowest BCUT2D eigenvalue weighted by atomic mass is 10.1. The number of benzene rings is 2. The van der Waals surface area contributed by atoms with Gasteiger partial charge < -0.3 is 28.4 Å². The summed E-state index contributed by atoms with van der Waals surface area (Å²) in [6.45, 7) is 1.33. The molecular formula is C27H30N4O7S. The van der Waals surface area contributed by atoms with Crippen molar-refractivity contribution in [3.8, 4) is 28.5 Å². The number of likely N-dealkylation sites (tertiary alicyclic amines) is 1. The first-order valence-corrected chi connectivity index (χ1v) is 13.3. The van der Waals surface area contributed by atoms with E-state index in [9.17, 15) is 9.59 Å². The van der Waals surface area contributed by atoms with E-state index in [0.29, 0.717) is 44.3 Å². The lowest BCUT2D eigenvalue weighted by molar-refractivity contribution is -0.136. The van der Waals surface area contributed by atoms with Gasteiger partial charge in [-0.25, -0.2) is 0 Å². The molecule has 3 aromatic rings. The number of carbonyl (C=O) groups is 2. The Balaban J connectivity index is 1.10. The molecule has 0 spiro atoms. The third-order valence-corrected chi connectivity index (χ3v) is 7.45. The monoisotopic (exact) mass is 554 g/mol. The molecule has 2 aliphatic rings. The summed E-state index contributed by atoms with van der Waals surface area (Å²) in [6.07, 6.45) is 0.864. The number of fused-ring (bicyclic) bond motifs is 3. The summed E-state index contributed by atoms with van der Waals surface area (Å²) < 4.78 is 27.9. The van der Waals surface area contributed by atoms with Gasteiger partial charge in [0.15, 0.2) is 17.3 Å². The van der Waals surface area contributed by atoms with E-state index >= 15 is 0 Å². The number of amides is 2. The van der Waals surface area contributed by atoms with Crippen LogP contribution in [0.25, 0.3) is 11.3 Å². The average molecular weight is 555 g/mol.